The van der Waals surface area contributed by atoms with E-state index < -0.39 is 5.97 Å². The predicted octanol–water partition coefficient (Wildman–Crippen LogP) is 1.21. The zero-order chi connectivity index (χ0) is 14.4. The van der Waals surface area contributed by atoms with Crippen molar-refractivity contribution in [3.63, 3.8) is 0 Å². The second-order valence-corrected chi connectivity index (χ2v) is 5.48. The molecule has 1 saturated heterocycles. The van der Waals surface area contributed by atoms with E-state index in [9.17, 15) is 9.59 Å². The Balaban J connectivity index is 2.40. The summed E-state index contributed by atoms with van der Waals surface area (Å²) < 4.78 is 5.28. The third-order valence-electron chi connectivity index (χ3n) is 3.55. The number of carboxylic acids is 1. The van der Waals surface area contributed by atoms with Crippen molar-refractivity contribution in [2.24, 2.45) is 11.8 Å². The number of hydrogen-bond donors (Lipinski definition) is 3. The Hall–Kier alpha value is -1.30. The molecule has 0 radical (unpaired) electrons. The van der Waals surface area contributed by atoms with Crippen molar-refractivity contribution in [3.8, 4) is 0 Å². The van der Waals surface area contributed by atoms with Gasteiger partial charge in [-0.05, 0) is 19.3 Å². The summed E-state index contributed by atoms with van der Waals surface area (Å²) in [6.45, 7) is 7.14. The second kappa shape index (κ2) is 7.33. The summed E-state index contributed by atoms with van der Waals surface area (Å²) in [5.41, 5.74) is 0. The minimum Gasteiger partial charge on any atom is -0.481 e. The summed E-state index contributed by atoms with van der Waals surface area (Å²) in [6.07, 6.45) is 0.885. The molecule has 1 fully saturated rings. The highest BCUT2D eigenvalue weighted by Crippen LogP contribution is 2.16. The van der Waals surface area contributed by atoms with Crippen molar-refractivity contribution in [1.82, 2.24) is 10.6 Å². The van der Waals surface area contributed by atoms with Crippen molar-refractivity contribution < 1.29 is 19.4 Å². The van der Waals surface area contributed by atoms with Gasteiger partial charge in [0.15, 0.2) is 0 Å². The number of hydrogen-bond acceptors (Lipinski definition) is 3. The third-order valence-corrected chi connectivity index (χ3v) is 3.55. The first-order valence-electron chi connectivity index (χ1n) is 6.76. The Bertz CT molecular complexity index is 314. The molecule has 2 amide bonds. The van der Waals surface area contributed by atoms with Crippen LogP contribution >= 0.6 is 0 Å². The number of urea groups is 1. The zero-order valence-electron chi connectivity index (χ0n) is 11.8. The molecule has 0 bridgehead atoms. The monoisotopic (exact) mass is 272 g/mol. The van der Waals surface area contributed by atoms with E-state index in [2.05, 4.69) is 10.6 Å². The van der Waals surface area contributed by atoms with Gasteiger partial charge in [0.05, 0.1) is 13.0 Å². The lowest BCUT2D eigenvalue weighted by atomic mass is 10.0. The fraction of sp³-hybridized carbons (Fsp3) is 0.846. The number of aliphatic carboxylic acids is 1. The number of carboxylic acid groups (broad SMARTS) is 1. The number of nitrogens with one attached hydrogen (secondary N) is 2. The lowest BCUT2D eigenvalue weighted by Gasteiger charge is -2.24. The lowest BCUT2D eigenvalue weighted by Crippen LogP contribution is -2.49. The minimum absolute atomic E-state index is 0.0279. The first-order valence-corrected chi connectivity index (χ1v) is 6.76. The summed E-state index contributed by atoms with van der Waals surface area (Å²) in [6, 6.07) is -0.635. The fourth-order valence-electron chi connectivity index (χ4n) is 2.12. The Kier molecular flexibility index (Phi) is 6.08. The molecule has 0 saturated carbocycles. The Morgan fingerprint density at radius 3 is 2.47 bits per heavy atom. The Labute approximate surface area is 113 Å². The first kappa shape index (κ1) is 15.8. The van der Waals surface area contributed by atoms with Gasteiger partial charge in [0.25, 0.3) is 0 Å². The highest BCUT2D eigenvalue weighted by atomic mass is 16.5. The van der Waals surface area contributed by atoms with E-state index in [4.69, 9.17) is 9.84 Å². The molecule has 1 aliphatic heterocycles. The van der Waals surface area contributed by atoms with Gasteiger partial charge in [0, 0.05) is 24.6 Å². The van der Waals surface area contributed by atoms with E-state index in [0.717, 1.165) is 13.0 Å². The fourth-order valence-corrected chi connectivity index (χ4v) is 2.12. The van der Waals surface area contributed by atoms with Crippen molar-refractivity contribution in [2.45, 2.75) is 45.7 Å². The van der Waals surface area contributed by atoms with E-state index >= 15 is 0 Å². The van der Waals surface area contributed by atoms with E-state index in [1.54, 1.807) is 0 Å². The largest absolute Gasteiger partial charge is 0.481 e. The van der Waals surface area contributed by atoms with Crippen LogP contribution in [0.25, 0.3) is 0 Å². The first-order chi connectivity index (χ1) is 8.90. The van der Waals surface area contributed by atoms with Crippen molar-refractivity contribution >= 4 is 12.0 Å². The van der Waals surface area contributed by atoms with Gasteiger partial charge in [-0.2, -0.15) is 0 Å². The van der Waals surface area contributed by atoms with Crippen molar-refractivity contribution in [1.29, 1.82) is 0 Å². The number of rotatable bonds is 6. The van der Waals surface area contributed by atoms with Gasteiger partial charge < -0.3 is 20.5 Å². The molecule has 3 unspecified atom stereocenters. The van der Waals surface area contributed by atoms with Crippen LogP contribution in [0.1, 0.15) is 33.6 Å². The van der Waals surface area contributed by atoms with Gasteiger partial charge in [-0.15, -0.1) is 0 Å². The molecule has 0 aromatic heterocycles. The van der Waals surface area contributed by atoms with E-state index in [1.807, 2.05) is 20.8 Å². The maximum atomic E-state index is 11.9. The van der Waals surface area contributed by atoms with Crippen LogP contribution in [0.15, 0.2) is 0 Å². The van der Waals surface area contributed by atoms with Crippen LogP contribution in [-0.2, 0) is 9.53 Å². The van der Waals surface area contributed by atoms with Crippen molar-refractivity contribution in [2.75, 3.05) is 13.2 Å². The molecule has 6 nitrogen and oxygen atoms in total. The topological polar surface area (TPSA) is 87.7 Å². The smallest absolute Gasteiger partial charge is 0.315 e. The van der Waals surface area contributed by atoms with Crippen LogP contribution in [0.2, 0.25) is 0 Å². The van der Waals surface area contributed by atoms with Crippen LogP contribution in [0.4, 0.5) is 4.79 Å². The molecule has 1 rings (SSSR count). The number of amides is 2. The molecule has 0 aromatic rings. The highest BCUT2D eigenvalue weighted by molar-refractivity contribution is 5.76. The molecule has 0 spiro atoms. The molecule has 0 aromatic carbocycles. The van der Waals surface area contributed by atoms with Gasteiger partial charge in [0.1, 0.15) is 0 Å². The molecule has 1 aliphatic rings. The average Bonchev–Trinajstić information content (AvgIpc) is 2.80. The average molecular weight is 272 g/mol. The van der Waals surface area contributed by atoms with Gasteiger partial charge in [0.2, 0.25) is 0 Å². The lowest BCUT2D eigenvalue weighted by molar-refractivity contribution is -0.137. The van der Waals surface area contributed by atoms with Gasteiger partial charge in [-0.25, -0.2) is 4.79 Å². The van der Waals surface area contributed by atoms with Crippen LogP contribution in [0.3, 0.4) is 0 Å². The van der Waals surface area contributed by atoms with Gasteiger partial charge in [-0.1, -0.05) is 13.8 Å². The molecule has 1 heterocycles. The summed E-state index contributed by atoms with van der Waals surface area (Å²) in [5, 5.41) is 14.4. The Morgan fingerprint density at radius 2 is 2.00 bits per heavy atom. The predicted molar refractivity (Wildman–Crippen MR) is 70.9 cm³/mol. The van der Waals surface area contributed by atoms with Crippen molar-refractivity contribution in [3.05, 3.63) is 0 Å². The van der Waals surface area contributed by atoms with Gasteiger partial charge >= 0.3 is 12.0 Å². The summed E-state index contributed by atoms with van der Waals surface area (Å²) in [5.74, 6) is -0.495. The molecule has 110 valence electrons. The molecule has 19 heavy (non-hydrogen) atoms. The van der Waals surface area contributed by atoms with Crippen LogP contribution in [0.5, 0.6) is 0 Å². The standard InChI is InChI=1S/C13H24N2O4/c1-8(2)11(6-12(16)17)15-13(18)14-9(3)10-4-5-19-7-10/h8-11H,4-7H2,1-3H3,(H,16,17)(H2,14,15,18). The number of ether oxygens (including phenoxy) is 1. The molecular formula is C13H24N2O4. The molecule has 0 aliphatic carbocycles. The van der Waals surface area contributed by atoms with Crippen LogP contribution in [-0.4, -0.2) is 42.4 Å². The molecule has 3 atom stereocenters. The maximum absolute atomic E-state index is 11.9. The molecule has 3 N–H and O–H groups in total. The summed E-state index contributed by atoms with van der Waals surface area (Å²) in [7, 11) is 0. The number of carbonyl (C=O) groups excluding carboxylic acids is 1. The molecule has 6 heteroatoms. The summed E-state index contributed by atoms with van der Waals surface area (Å²) >= 11 is 0. The quantitative estimate of drug-likeness (QED) is 0.678. The van der Waals surface area contributed by atoms with E-state index in [0.29, 0.717) is 12.5 Å². The van der Waals surface area contributed by atoms with Gasteiger partial charge in [-0.3, -0.25) is 4.79 Å². The maximum Gasteiger partial charge on any atom is 0.315 e. The van der Waals surface area contributed by atoms with E-state index in [-0.39, 0.29) is 30.5 Å². The normalized spacial score (nSPS) is 22.0. The zero-order valence-corrected chi connectivity index (χ0v) is 11.8. The highest BCUT2D eigenvalue weighted by Gasteiger charge is 2.25. The SMILES string of the molecule is CC(C)C(CC(=O)O)NC(=O)NC(C)C1CCOC1. The minimum atomic E-state index is -0.906. The Morgan fingerprint density at radius 1 is 1.32 bits per heavy atom. The summed E-state index contributed by atoms with van der Waals surface area (Å²) in [4.78, 5) is 22.6. The van der Waals surface area contributed by atoms with Crippen LogP contribution in [0, 0.1) is 11.8 Å². The second-order valence-electron chi connectivity index (χ2n) is 5.48. The van der Waals surface area contributed by atoms with Crippen LogP contribution < -0.4 is 10.6 Å². The third kappa shape index (κ3) is 5.46. The molecular weight excluding hydrogens is 248 g/mol. The van der Waals surface area contributed by atoms with E-state index in [1.165, 1.54) is 0 Å². The number of carbonyl (C=O) groups is 2.